The summed E-state index contributed by atoms with van der Waals surface area (Å²) in [5.41, 5.74) is 12.9. The van der Waals surface area contributed by atoms with Crippen LogP contribution in [0.25, 0.3) is 93.6 Å². The Morgan fingerprint density at radius 2 is 1.11 bits per heavy atom. The molecule has 0 saturated carbocycles. The van der Waals surface area contributed by atoms with Crippen LogP contribution in [0, 0.1) is 0 Å². The quantitative estimate of drug-likeness (QED) is 0.169. The van der Waals surface area contributed by atoms with Crippen LogP contribution in [-0.4, -0.2) is 11.5 Å². The lowest BCUT2D eigenvalue weighted by molar-refractivity contribution is 0.479. The van der Waals surface area contributed by atoms with Crippen LogP contribution < -0.4 is 20.3 Å². The Hall–Kier alpha value is -7.18. The van der Waals surface area contributed by atoms with Gasteiger partial charge in [-0.05, 0) is 65.7 Å². The van der Waals surface area contributed by atoms with Gasteiger partial charge in [-0.3, -0.25) is 0 Å². The standard InChI is InChI=1S/C48H26BNO4/c1-5-16-39-30(10-1)31-11-2-6-17-40(31)50(39)28-20-21-38-45(24-28)52-46-23-27(22-37-33-13-4-8-19-42(33)54-49(38)47(37)46)29-14-9-15-34-36-26-43-35(25-44(36)53-48(29)34)32-12-3-7-18-41(32)51-43/h1-26H. The fourth-order valence-electron chi connectivity index (χ4n) is 9.09. The summed E-state index contributed by atoms with van der Waals surface area (Å²) in [6.45, 7) is -0.317. The predicted octanol–water partition coefficient (Wildman–Crippen LogP) is 11.5. The van der Waals surface area contributed by atoms with Crippen LogP contribution in [0.1, 0.15) is 0 Å². The number of aromatic nitrogens is 1. The minimum Gasteiger partial charge on any atom is -0.551 e. The van der Waals surface area contributed by atoms with Gasteiger partial charge in [0.2, 0.25) is 0 Å². The van der Waals surface area contributed by atoms with Gasteiger partial charge in [-0.1, -0.05) is 97.1 Å². The van der Waals surface area contributed by atoms with Crippen molar-refractivity contribution in [2.45, 2.75) is 0 Å². The highest BCUT2D eigenvalue weighted by Crippen LogP contribution is 2.45. The number of benzene rings is 8. The lowest BCUT2D eigenvalue weighted by Gasteiger charge is -2.33. The maximum Gasteiger partial charge on any atom is 0.434 e. The van der Waals surface area contributed by atoms with Crippen molar-refractivity contribution < 1.29 is 18.2 Å². The van der Waals surface area contributed by atoms with Crippen molar-refractivity contribution in [1.82, 2.24) is 4.57 Å². The molecule has 13 rings (SSSR count). The molecule has 11 aromatic rings. The molecular weight excluding hydrogens is 665 g/mol. The first-order valence-electron chi connectivity index (χ1n) is 18.3. The van der Waals surface area contributed by atoms with E-state index < -0.39 is 0 Å². The molecule has 2 aliphatic heterocycles. The molecule has 250 valence electrons. The van der Waals surface area contributed by atoms with Crippen LogP contribution in [0.2, 0.25) is 0 Å². The van der Waals surface area contributed by atoms with Crippen molar-refractivity contribution >= 4 is 83.5 Å². The molecule has 3 aromatic heterocycles. The van der Waals surface area contributed by atoms with Gasteiger partial charge < -0.3 is 22.8 Å². The molecule has 54 heavy (non-hydrogen) atoms. The van der Waals surface area contributed by atoms with Crippen LogP contribution in [0.5, 0.6) is 17.2 Å². The van der Waals surface area contributed by atoms with Crippen LogP contribution in [0.4, 0.5) is 0 Å². The van der Waals surface area contributed by atoms with Crippen molar-refractivity contribution in [3.8, 4) is 45.2 Å². The number of ether oxygens (including phenoxy) is 1. The third-order valence-corrected chi connectivity index (χ3v) is 11.5. The van der Waals surface area contributed by atoms with Crippen molar-refractivity contribution in [1.29, 1.82) is 0 Å². The molecule has 0 aliphatic carbocycles. The third-order valence-electron chi connectivity index (χ3n) is 11.5. The van der Waals surface area contributed by atoms with Gasteiger partial charge in [-0.25, -0.2) is 0 Å². The summed E-state index contributed by atoms with van der Waals surface area (Å²) >= 11 is 0. The van der Waals surface area contributed by atoms with Gasteiger partial charge in [0.1, 0.15) is 39.6 Å². The highest BCUT2D eigenvalue weighted by atomic mass is 16.5. The topological polar surface area (TPSA) is 49.7 Å². The van der Waals surface area contributed by atoms with E-state index in [1.165, 1.54) is 10.8 Å². The minimum absolute atomic E-state index is 0.317. The van der Waals surface area contributed by atoms with E-state index in [-0.39, 0.29) is 6.92 Å². The summed E-state index contributed by atoms with van der Waals surface area (Å²) in [4.78, 5) is 0. The van der Waals surface area contributed by atoms with Gasteiger partial charge in [0, 0.05) is 66.1 Å². The first-order valence-corrected chi connectivity index (χ1v) is 18.3. The largest absolute Gasteiger partial charge is 0.551 e. The second kappa shape index (κ2) is 10.2. The fraction of sp³-hybridized carbons (Fsp3) is 0. The Labute approximate surface area is 308 Å². The summed E-state index contributed by atoms with van der Waals surface area (Å²) < 4.78 is 29.2. The number of furan rings is 2. The molecule has 5 nitrogen and oxygen atoms in total. The monoisotopic (exact) mass is 691 g/mol. The lowest BCUT2D eigenvalue weighted by Crippen LogP contribution is -2.53. The molecule has 5 heterocycles. The maximum atomic E-state index is 6.98. The average molecular weight is 692 g/mol. The summed E-state index contributed by atoms with van der Waals surface area (Å²) in [7, 11) is 0. The summed E-state index contributed by atoms with van der Waals surface area (Å²) in [5.74, 6) is 2.42. The van der Waals surface area contributed by atoms with E-state index in [2.05, 4.69) is 138 Å². The zero-order chi connectivity index (χ0) is 35.1. The number of fused-ring (bicyclic) bond motifs is 13. The van der Waals surface area contributed by atoms with Gasteiger partial charge in [-0.15, -0.1) is 0 Å². The average Bonchev–Trinajstić information content (AvgIpc) is 3.88. The van der Waals surface area contributed by atoms with Crippen LogP contribution in [-0.2, 0) is 0 Å². The van der Waals surface area contributed by atoms with Crippen molar-refractivity contribution in [3.63, 3.8) is 0 Å². The number of hydrogen-bond acceptors (Lipinski definition) is 4. The summed E-state index contributed by atoms with van der Waals surface area (Å²) in [6.07, 6.45) is 0. The van der Waals surface area contributed by atoms with E-state index in [9.17, 15) is 0 Å². The molecule has 0 bridgehead atoms. The number of hydrogen-bond donors (Lipinski definition) is 0. The maximum absolute atomic E-state index is 6.98. The van der Waals surface area contributed by atoms with E-state index in [0.717, 1.165) is 111 Å². The Bertz CT molecular complexity index is 3370. The van der Waals surface area contributed by atoms with Crippen molar-refractivity contribution in [3.05, 3.63) is 158 Å². The highest BCUT2D eigenvalue weighted by Gasteiger charge is 2.41. The summed E-state index contributed by atoms with van der Waals surface area (Å²) in [5, 5.41) is 6.64. The molecule has 0 fully saturated rings. The van der Waals surface area contributed by atoms with E-state index in [1.807, 2.05) is 24.3 Å². The summed E-state index contributed by atoms with van der Waals surface area (Å²) in [6, 6.07) is 55.1. The predicted molar refractivity (Wildman–Crippen MR) is 218 cm³/mol. The molecule has 2 aliphatic rings. The Balaban J connectivity index is 1.01. The molecule has 0 spiro atoms. The van der Waals surface area contributed by atoms with E-state index in [1.54, 1.807) is 0 Å². The molecule has 0 amide bonds. The Morgan fingerprint density at radius 3 is 1.96 bits per heavy atom. The number of nitrogens with zero attached hydrogens (tertiary/aromatic N) is 1. The van der Waals surface area contributed by atoms with Gasteiger partial charge in [0.15, 0.2) is 0 Å². The van der Waals surface area contributed by atoms with Gasteiger partial charge in [-0.2, -0.15) is 0 Å². The van der Waals surface area contributed by atoms with E-state index in [0.29, 0.717) is 0 Å². The highest BCUT2D eigenvalue weighted by molar-refractivity contribution is 6.84. The van der Waals surface area contributed by atoms with Crippen LogP contribution in [0.3, 0.4) is 0 Å². The first-order chi connectivity index (χ1) is 26.7. The molecule has 0 saturated heterocycles. The molecule has 0 N–H and O–H groups in total. The van der Waals surface area contributed by atoms with Crippen LogP contribution in [0.15, 0.2) is 167 Å². The second-order valence-corrected chi connectivity index (χ2v) is 14.4. The molecule has 0 radical (unpaired) electrons. The first kappa shape index (κ1) is 28.4. The molecule has 8 aromatic carbocycles. The fourth-order valence-corrected chi connectivity index (χ4v) is 9.09. The van der Waals surface area contributed by atoms with Crippen molar-refractivity contribution in [2.75, 3.05) is 0 Å². The second-order valence-electron chi connectivity index (χ2n) is 14.4. The number of rotatable bonds is 2. The van der Waals surface area contributed by atoms with Gasteiger partial charge >= 0.3 is 6.92 Å². The minimum atomic E-state index is -0.317. The molecule has 6 heteroatoms. The van der Waals surface area contributed by atoms with Gasteiger partial charge in [0.25, 0.3) is 0 Å². The smallest absolute Gasteiger partial charge is 0.434 e. The Kier molecular flexibility index (Phi) is 5.39. The SMILES string of the molecule is c1ccc2c(c1)OB1c3ccc(-n4c5ccccc5c5ccccc54)cc3Oc3cc(-c4cccc5c4oc4cc6c(cc45)oc4ccccc46)cc-2c31. The molecule has 0 atom stereocenters. The lowest BCUT2D eigenvalue weighted by atomic mass is 9.50. The van der Waals surface area contributed by atoms with E-state index in [4.69, 9.17) is 18.2 Å². The third kappa shape index (κ3) is 3.73. The van der Waals surface area contributed by atoms with E-state index >= 15 is 0 Å². The molecule has 0 unspecified atom stereocenters. The van der Waals surface area contributed by atoms with Gasteiger partial charge in [0.05, 0.1) is 11.0 Å². The Morgan fingerprint density at radius 1 is 0.426 bits per heavy atom. The zero-order valence-corrected chi connectivity index (χ0v) is 28.7. The number of para-hydroxylation sites is 5. The van der Waals surface area contributed by atoms with Crippen LogP contribution >= 0.6 is 0 Å². The molecular formula is C48H26BNO4. The van der Waals surface area contributed by atoms with Crippen molar-refractivity contribution in [2.24, 2.45) is 0 Å². The zero-order valence-electron chi connectivity index (χ0n) is 28.7. The normalized spacial score (nSPS) is 13.1.